The van der Waals surface area contributed by atoms with E-state index in [4.69, 9.17) is 19.5 Å². The lowest BCUT2D eigenvalue weighted by molar-refractivity contribution is -0.125. The highest BCUT2D eigenvalue weighted by Gasteiger charge is 2.26. The summed E-state index contributed by atoms with van der Waals surface area (Å²) < 4.78 is 15.8. The van der Waals surface area contributed by atoms with Crippen LogP contribution in [0.4, 0.5) is 5.69 Å². The van der Waals surface area contributed by atoms with Gasteiger partial charge in [0.1, 0.15) is 18.4 Å². The first kappa shape index (κ1) is 19.7. The van der Waals surface area contributed by atoms with Gasteiger partial charge in [0.2, 0.25) is 0 Å². The van der Waals surface area contributed by atoms with Crippen molar-refractivity contribution in [3.8, 4) is 23.3 Å². The topological polar surface area (TPSA) is 113 Å². The molecule has 0 aliphatic carbocycles. The van der Waals surface area contributed by atoms with Crippen molar-refractivity contribution >= 4 is 23.7 Å². The van der Waals surface area contributed by atoms with Gasteiger partial charge in [-0.1, -0.05) is 12.1 Å². The van der Waals surface area contributed by atoms with E-state index >= 15 is 0 Å². The van der Waals surface area contributed by atoms with E-state index in [2.05, 4.69) is 10.5 Å². The van der Waals surface area contributed by atoms with E-state index in [-0.39, 0.29) is 25.7 Å². The van der Waals surface area contributed by atoms with Crippen molar-refractivity contribution in [3.05, 3.63) is 48.0 Å². The summed E-state index contributed by atoms with van der Waals surface area (Å²) in [5, 5.41) is 12.5. The zero-order valence-electron chi connectivity index (χ0n) is 15.6. The van der Waals surface area contributed by atoms with Gasteiger partial charge in [0.15, 0.2) is 24.7 Å². The molecule has 0 fully saturated rings. The predicted molar refractivity (Wildman–Crippen MR) is 104 cm³/mol. The van der Waals surface area contributed by atoms with E-state index < -0.39 is 5.91 Å². The Bertz CT molecular complexity index is 983. The zero-order chi connectivity index (χ0) is 20.6. The number of carbonyl (C=O) groups excluding carboxylic acids is 2. The summed E-state index contributed by atoms with van der Waals surface area (Å²) in [7, 11) is 1.48. The number of amides is 2. The lowest BCUT2D eigenvalue weighted by Crippen LogP contribution is -2.44. The Labute approximate surface area is 167 Å². The average molecular weight is 394 g/mol. The van der Waals surface area contributed by atoms with Gasteiger partial charge < -0.3 is 14.2 Å². The van der Waals surface area contributed by atoms with Crippen molar-refractivity contribution < 1.29 is 23.8 Å². The highest BCUT2D eigenvalue weighted by Crippen LogP contribution is 2.31. The molecule has 2 aromatic carbocycles. The van der Waals surface area contributed by atoms with Crippen LogP contribution in [0.25, 0.3) is 0 Å². The van der Waals surface area contributed by atoms with Crippen LogP contribution in [0.1, 0.15) is 5.56 Å². The third kappa shape index (κ3) is 4.81. The largest absolute Gasteiger partial charge is 0.493 e. The monoisotopic (exact) mass is 394 g/mol. The van der Waals surface area contributed by atoms with Gasteiger partial charge >= 0.3 is 0 Å². The number of hydrogen-bond acceptors (Lipinski definition) is 7. The number of benzene rings is 2. The van der Waals surface area contributed by atoms with Crippen LogP contribution in [0.15, 0.2) is 47.6 Å². The van der Waals surface area contributed by atoms with Gasteiger partial charge in [-0.3, -0.25) is 14.5 Å². The molecular formula is C20H18N4O5. The molecule has 2 aromatic rings. The van der Waals surface area contributed by atoms with E-state index in [0.29, 0.717) is 28.5 Å². The van der Waals surface area contributed by atoms with E-state index in [1.165, 1.54) is 18.2 Å². The summed E-state index contributed by atoms with van der Waals surface area (Å²) in [6.45, 7) is -0.391. The molecule has 9 nitrogen and oxygen atoms in total. The van der Waals surface area contributed by atoms with Crippen molar-refractivity contribution in [3.63, 3.8) is 0 Å². The standard InChI is InChI=1S/C20H18N4O5/c1-27-18-10-14(6-7-17(18)28-9-8-21)11-22-23-19(25)12-24-15-4-2-3-5-16(15)29-13-20(24)26/h2-7,10-11H,9,12-13H2,1H3,(H,23,25)/b22-11-. The number of fused-ring (bicyclic) bond motifs is 1. The minimum absolute atomic E-state index is 0.0940. The molecule has 1 aliphatic heterocycles. The van der Waals surface area contributed by atoms with Gasteiger partial charge in [0, 0.05) is 0 Å². The molecule has 1 N–H and O–H groups in total. The molecule has 0 atom stereocenters. The predicted octanol–water partition coefficient (Wildman–Crippen LogP) is 1.47. The van der Waals surface area contributed by atoms with Gasteiger partial charge in [-0.2, -0.15) is 10.4 Å². The number of para-hydroxylation sites is 2. The maximum atomic E-state index is 12.2. The summed E-state index contributed by atoms with van der Waals surface area (Å²) in [5.41, 5.74) is 3.59. The van der Waals surface area contributed by atoms with Crippen LogP contribution in [0.3, 0.4) is 0 Å². The third-order valence-electron chi connectivity index (χ3n) is 3.99. The van der Waals surface area contributed by atoms with Crippen LogP contribution in [-0.4, -0.2) is 44.9 Å². The smallest absolute Gasteiger partial charge is 0.265 e. The summed E-state index contributed by atoms with van der Waals surface area (Å²) in [6.07, 6.45) is 1.43. The lowest BCUT2D eigenvalue weighted by Gasteiger charge is -2.28. The first-order chi connectivity index (χ1) is 14.1. The fraction of sp³-hybridized carbons (Fsp3) is 0.200. The van der Waals surface area contributed by atoms with E-state index in [9.17, 15) is 9.59 Å². The molecule has 0 saturated heterocycles. The average Bonchev–Trinajstić information content (AvgIpc) is 2.74. The highest BCUT2D eigenvalue weighted by molar-refractivity contribution is 6.02. The number of hydrazone groups is 1. The van der Waals surface area contributed by atoms with Crippen LogP contribution in [0.2, 0.25) is 0 Å². The van der Waals surface area contributed by atoms with E-state index in [1.54, 1.807) is 42.5 Å². The summed E-state index contributed by atoms with van der Waals surface area (Å²) in [5.74, 6) is 0.660. The zero-order valence-corrected chi connectivity index (χ0v) is 15.6. The van der Waals surface area contributed by atoms with Gasteiger partial charge in [-0.25, -0.2) is 5.43 Å². The molecule has 0 spiro atoms. The second kappa shape index (κ2) is 9.23. The first-order valence-electron chi connectivity index (χ1n) is 8.64. The minimum atomic E-state index is -0.452. The molecule has 1 heterocycles. The number of nitrogens with zero attached hydrogens (tertiary/aromatic N) is 3. The Balaban J connectivity index is 1.62. The normalized spacial score (nSPS) is 12.7. The van der Waals surface area contributed by atoms with Gasteiger partial charge in [0.25, 0.3) is 11.8 Å². The second-order valence-corrected chi connectivity index (χ2v) is 5.89. The van der Waals surface area contributed by atoms with Crippen molar-refractivity contribution in [2.45, 2.75) is 0 Å². The number of anilines is 1. The van der Waals surface area contributed by atoms with Gasteiger partial charge in [-0.15, -0.1) is 0 Å². The summed E-state index contributed by atoms with van der Waals surface area (Å²) in [6, 6.07) is 13.9. The molecule has 148 valence electrons. The van der Waals surface area contributed by atoms with Crippen molar-refractivity contribution in [1.29, 1.82) is 5.26 Å². The Kier molecular flexibility index (Phi) is 6.27. The van der Waals surface area contributed by atoms with Crippen LogP contribution in [-0.2, 0) is 9.59 Å². The number of nitrogens with one attached hydrogen (secondary N) is 1. The minimum Gasteiger partial charge on any atom is -0.493 e. The molecule has 2 amide bonds. The number of carbonyl (C=O) groups is 2. The molecule has 0 unspecified atom stereocenters. The number of rotatable bonds is 7. The summed E-state index contributed by atoms with van der Waals surface area (Å²) in [4.78, 5) is 25.7. The molecular weight excluding hydrogens is 376 g/mol. The van der Waals surface area contributed by atoms with E-state index in [0.717, 1.165) is 0 Å². The molecule has 9 heteroatoms. The van der Waals surface area contributed by atoms with Crippen LogP contribution >= 0.6 is 0 Å². The van der Waals surface area contributed by atoms with E-state index in [1.807, 2.05) is 6.07 Å². The number of hydrogen-bond donors (Lipinski definition) is 1. The maximum Gasteiger partial charge on any atom is 0.265 e. The Morgan fingerprint density at radius 1 is 1.34 bits per heavy atom. The van der Waals surface area contributed by atoms with Crippen LogP contribution < -0.4 is 24.5 Å². The Hall–Kier alpha value is -4.06. The molecule has 3 rings (SSSR count). The SMILES string of the molecule is COc1cc(/C=N\NC(=O)CN2C(=O)COc3ccccc32)ccc1OCC#N. The molecule has 0 aromatic heterocycles. The number of ether oxygens (including phenoxy) is 3. The highest BCUT2D eigenvalue weighted by atomic mass is 16.5. The number of methoxy groups -OCH3 is 1. The maximum absolute atomic E-state index is 12.2. The van der Waals surface area contributed by atoms with Crippen LogP contribution in [0.5, 0.6) is 17.2 Å². The first-order valence-corrected chi connectivity index (χ1v) is 8.64. The Morgan fingerprint density at radius 2 is 2.17 bits per heavy atom. The molecule has 0 bridgehead atoms. The van der Waals surface area contributed by atoms with Crippen molar-refractivity contribution in [1.82, 2.24) is 5.43 Å². The molecule has 29 heavy (non-hydrogen) atoms. The van der Waals surface area contributed by atoms with Gasteiger partial charge in [-0.05, 0) is 35.9 Å². The molecule has 0 saturated carbocycles. The van der Waals surface area contributed by atoms with Crippen LogP contribution in [0, 0.1) is 11.3 Å². The Morgan fingerprint density at radius 3 is 2.97 bits per heavy atom. The summed E-state index contributed by atoms with van der Waals surface area (Å²) >= 11 is 0. The molecule has 1 aliphatic rings. The van der Waals surface area contributed by atoms with Crippen molar-refractivity contribution in [2.75, 3.05) is 31.8 Å². The third-order valence-corrected chi connectivity index (χ3v) is 3.99. The fourth-order valence-electron chi connectivity index (χ4n) is 2.68. The molecule has 0 radical (unpaired) electrons. The second-order valence-electron chi connectivity index (χ2n) is 5.89. The fourth-order valence-corrected chi connectivity index (χ4v) is 2.68. The lowest BCUT2D eigenvalue weighted by atomic mass is 10.2. The number of nitriles is 1. The quantitative estimate of drug-likeness (QED) is 0.562. The van der Waals surface area contributed by atoms with Gasteiger partial charge in [0.05, 0.1) is 19.0 Å². The van der Waals surface area contributed by atoms with Crippen molar-refractivity contribution in [2.24, 2.45) is 5.10 Å².